The minimum Gasteiger partial charge on any atom is -0.396 e. The van der Waals surface area contributed by atoms with Crippen molar-refractivity contribution in [3.8, 4) is 0 Å². The third-order valence-electron chi connectivity index (χ3n) is 3.54. The lowest BCUT2D eigenvalue weighted by Crippen LogP contribution is -2.30. The van der Waals surface area contributed by atoms with Crippen molar-refractivity contribution in [3.63, 3.8) is 0 Å². The second kappa shape index (κ2) is 5.87. The summed E-state index contributed by atoms with van der Waals surface area (Å²) in [4.78, 5) is 11.2. The first kappa shape index (κ1) is 14.5. The topological polar surface area (TPSA) is 75.3 Å². The molecule has 4 nitrogen and oxygen atoms in total. The Kier molecular flexibility index (Phi) is 4.73. The molecule has 0 aliphatic carbocycles. The van der Waals surface area contributed by atoms with Crippen LogP contribution in [0.15, 0.2) is 18.2 Å². The van der Waals surface area contributed by atoms with Crippen LogP contribution in [0, 0.1) is 12.3 Å². The van der Waals surface area contributed by atoms with Crippen LogP contribution in [-0.2, 0) is 0 Å². The minimum absolute atomic E-state index is 0.130. The predicted molar refractivity (Wildman–Crippen MR) is 73.7 cm³/mol. The van der Waals surface area contributed by atoms with Crippen LogP contribution in [0.3, 0.4) is 0 Å². The van der Waals surface area contributed by atoms with E-state index in [1.165, 1.54) is 0 Å². The van der Waals surface area contributed by atoms with E-state index in [0.717, 1.165) is 17.7 Å². The number of rotatable bonds is 6. The number of anilines is 1. The zero-order valence-electron chi connectivity index (χ0n) is 11.3. The fourth-order valence-electron chi connectivity index (χ4n) is 1.70. The second-order valence-electron chi connectivity index (χ2n) is 5.02. The van der Waals surface area contributed by atoms with Gasteiger partial charge in [0.2, 0.25) is 5.91 Å². The summed E-state index contributed by atoms with van der Waals surface area (Å²) in [6.07, 6.45) is 0.880. The Morgan fingerprint density at radius 2 is 2.17 bits per heavy atom. The number of nitrogens with two attached hydrogens (primary N) is 1. The normalized spacial score (nSPS) is 14.0. The van der Waals surface area contributed by atoms with Gasteiger partial charge in [0.1, 0.15) is 0 Å². The molecule has 4 N–H and O–H groups in total. The lowest BCUT2D eigenvalue weighted by atomic mass is 9.88. The van der Waals surface area contributed by atoms with Crippen molar-refractivity contribution >= 4 is 11.6 Å². The molecule has 0 saturated heterocycles. The molecule has 0 bridgehead atoms. The summed E-state index contributed by atoms with van der Waals surface area (Å²) in [5, 5.41) is 12.6. The molecule has 0 spiro atoms. The molecule has 0 aliphatic rings. The molecule has 1 atom stereocenters. The zero-order valence-corrected chi connectivity index (χ0v) is 11.3. The summed E-state index contributed by atoms with van der Waals surface area (Å²) >= 11 is 0. The van der Waals surface area contributed by atoms with Crippen LogP contribution in [0.4, 0.5) is 5.69 Å². The fourth-order valence-corrected chi connectivity index (χ4v) is 1.70. The molecule has 0 aromatic heterocycles. The van der Waals surface area contributed by atoms with Crippen molar-refractivity contribution in [1.29, 1.82) is 0 Å². The van der Waals surface area contributed by atoms with E-state index in [-0.39, 0.29) is 12.0 Å². The van der Waals surface area contributed by atoms with Gasteiger partial charge in [-0.15, -0.1) is 0 Å². The molecule has 4 heteroatoms. The molecular weight excluding hydrogens is 228 g/mol. The molecule has 1 amide bonds. The first-order valence-corrected chi connectivity index (χ1v) is 6.17. The first-order chi connectivity index (χ1) is 8.43. The highest BCUT2D eigenvalue weighted by molar-refractivity contribution is 5.95. The maximum atomic E-state index is 11.2. The van der Waals surface area contributed by atoms with Crippen molar-refractivity contribution in [2.24, 2.45) is 11.1 Å². The number of aliphatic hydroxyl groups is 1. The van der Waals surface area contributed by atoms with E-state index in [0.29, 0.717) is 12.1 Å². The quantitative estimate of drug-likeness (QED) is 0.722. The lowest BCUT2D eigenvalue weighted by molar-refractivity contribution is 0.0999. The van der Waals surface area contributed by atoms with E-state index in [1.807, 2.05) is 26.8 Å². The third kappa shape index (κ3) is 3.23. The molecule has 0 saturated carbocycles. The molecule has 18 heavy (non-hydrogen) atoms. The Morgan fingerprint density at radius 3 is 2.67 bits per heavy atom. The Hall–Kier alpha value is -1.55. The Bertz CT molecular complexity index is 426. The molecule has 0 fully saturated rings. The van der Waals surface area contributed by atoms with Gasteiger partial charge in [0.25, 0.3) is 0 Å². The van der Waals surface area contributed by atoms with Crippen LogP contribution >= 0.6 is 0 Å². The Labute approximate surface area is 108 Å². The van der Waals surface area contributed by atoms with E-state index >= 15 is 0 Å². The number of hydrogen-bond donors (Lipinski definition) is 3. The molecule has 1 unspecified atom stereocenters. The summed E-state index contributed by atoms with van der Waals surface area (Å²) in [6.45, 7) is 6.72. The highest BCUT2D eigenvalue weighted by Gasteiger charge is 2.21. The minimum atomic E-state index is -0.420. The van der Waals surface area contributed by atoms with E-state index in [9.17, 15) is 9.90 Å². The Morgan fingerprint density at radius 1 is 1.50 bits per heavy atom. The summed E-state index contributed by atoms with van der Waals surface area (Å²) in [6, 6.07) is 5.43. The van der Waals surface area contributed by atoms with Crippen LogP contribution in [0.2, 0.25) is 0 Å². The molecule has 1 aromatic carbocycles. The van der Waals surface area contributed by atoms with Crippen molar-refractivity contribution < 1.29 is 9.90 Å². The average molecular weight is 250 g/mol. The molecule has 1 rings (SSSR count). The highest BCUT2D eigenvalue weighted by atomic mass is 16.3. The van der Waals surface area contributed by atoms with Crippen LogP contribution in [-0.4, -0.2) is 24.2 Å². The van der Waals surface area contributed by atoms with E-state index in [2.05, 4.69) is 5.32 Å². The molecular formula is C14H22N2O2. The van der Waals surface area contributed by atoms with Gasteiger partial charge in [-0.3, -0.25) is 4.79 Å². The summed E-state index contributed by atoms with van der Waals surface area (Å²) in [7, 11) is 0. The molecule has 0 radical (unpaired) electrons. The Balaban J connectivity index is 2.86. The monoisotopic (exact) mass is 250 g/mol. The van der Waals surface area contributed by atoms with Gasteiger partial charge in [0.15, 0.2) is 0 Å². The van der Waals surface area contributed by atoms with E-state index < -0.39 is 5.91 Å². The lowest BCUT2D eigenvalue weighted by Gasteiger charge is -2.27. The second-order valence-corrected chi connectivity index (χ2v) is 5.02. The zero-order chi connectivity index (χ0) is 13.8. The maximum absolute atomic E-state index is 11.2. The standard InChI is InChI=1S/C14H22N2O2/c1-4-14(3,9-17)8-16-12-7-5-6-11(10(12)2)13(15)18/h5-7,16-17H,4,8-9H2,1-3H3,(H2,15,18). The number of benzene rings is 1. The number of carbonyl (C=O) groups excluding carboxylic acids is 1. The van der Waals surface area contributed by atoms with Gasteiger partial charge in [-0.25, -0.2) is 0 Å². The average Bonchev–Trinajstić information content (AvgIpc) is 2.37. The smallest absolute Gasteiger partial charge is 0.249 e. The molecule has 0 heterocycles. The molecule has 0 aliphatic heterocycles. The summed E-state index contributed by atoms with van der Waals surface area (Å²) in [5.41, 5.74) is 7.42. The van der Waals surface area contributed by atoms with Gasteiger partial charge in [-0.2, -0.15) is 0 Å². The van der Waals surface area contributed by atoms with Gasteiger partial charge in [-0.1, -0.05) is 19.9 Å². The predicted octanol–water partition coefficient (Wildman–Crippen LogP) is 1.91. The number of carbonyl (C=O) groups is 1. The number of nitrogens with one attached hydrogen (secondary N) is 1. The largest absolute Gasteiger partial charge is 0.396 e. The van der Waals surface area contributed by atoms with Crippen molar-refractivity contribution in [3.05, 3.63) is 29.3 Å². The SMILES string of the molecule is CCC(C)(CO)CNc1cccc(C(N)=O)c1C. The number of amides is 1. The van der Waals surface area contributed by atoms with Crippen molar-refractivity contribution in [2.45, 2.75) is 27.2 Å². The number of primary amides is 1. The molecule has 1 aromatic rings. The van der Waals surface area contributed by atoms with Gasteiger partial charge < -0.3 is 16.2 Å². The van der Waals surface area contributed by atoms with Crippen LogP contribution in [0.1, 0.15) is 36.2 Å². The number of hydrogen-bond acceptors (Lipinski definition) is 3. The van der Waals surface area contributed by atoms with Gasteiger partial charge in [0.05, 0.1) is 6.61 Å². The summed E-state index contributed by atoms with van der Waals surface area (Å²) < 4.78 is 0. The van der Waals surface area contributed by atoms with Crippen LogP contribution < -0.4 is 11.1 Å². The van der Waals surface area contributed by atoms with Gasteiger partial charge in [-0.05, 0) is 31.0 Å². The van der Waals surface area contributed by atoms with Gasteiger partial charge in [0, 0.05) is 23.2 Å². The van der Waals surface area contributed by atoms with E-state index in [4.69, 9.17) is 5.73 Å². The summed E-state index contributed by atoms with van der Waals surface area (Å²) in [5.74, 6) is -0.420. The van der Waals surface area contributed by atoms with Crippen LogP contribution in [0.25, 0.3) is 0 Å². The van der Waals surface area contributed by atoms with Crippen molar-refractivity contribution in [1.82, 2.24) is 0 Å². The first-order valence-electron chi connectivity index (χ1n) is 6.17. The highest BCUT2D eigenvalue weighted by Crippen LogP contribution is 2.24. The maximum Gasteiger partial charge on any atom is 0.249 e. The molecule has 100 valence electrons. The van der Waals surface area contributed by atoms with E-state index in [1.54, 1.807) is 12.1 Å². The fraction of sp³-hybridized carbons (Fsp3) is 0.500. The van der Waals surface area contributed by atoms with Crippen LogP contribution in [0.5, 0.6) is 0 Å². The third-order valence-corrected chi connectivity index (χ3v) is 3.54. The van der Waals surface area contributed by atoms with Gasteiger partial charge >= 0.3 is 0 Å². The number of aliphatic hydroxyl groups excluding tert-OH is 1. The van der Waals surface area contributed by atoms with Crippen molar-refractivity contribution in [2.75, 3.05) is 18.5 Å².